The van der Waals surface area contributed by atoms with E-state index in [9.17, 15) is 9.59 Å². The minimum Gasteiger partial charge on any atom is -0.268 e. The summed E-state index contributed by atoms with van der Waals surface area (Å²) >= 11 is 7.31. The highest BCUT2D eigenvalue weighted by atomic mass is 35.5. The third kappa shape index (κ3) is 3.49. The molecule has 0 saturated carbocycles. The molecule has 0 aromatic heterocycles. The van der Waals surface area contributed by atoms with Gasteiger partial charge in [-0.15, -0.1) is 0 Å². The molecule has 0 bridgehead atoms. The molecule has 1 aliphatic rings. The lowest BCUT2D eigenvalue weighted by atomic mass is 10.1. The van der Waals surface area contributed by atoms with Crippen LogP contribution in [-0.4, -0.2) is 11.8 Å². The Morgan fingerprint density at radius 2 is 1.43 bits per heavy atom. The summed E-state index contributed by atoms with van der Waals surface area (Å²) in [5.41, 5.74) is 2.70. The van der Waals surface area contributed by atoms with E-state index < -0.39 is 0 Å². The zero-order valence-electron chi connectivity index (χ0n) is 15.1. The van der Waals surface area contributed by atoms with Gasteiger partial charge in [-0.1, -0.05) is 71.4 Å². The van der Waals surface area contributed by atoms with Gasteiger partial charge in [0, 0.05) is 9.92 Å². The molecule has 3 nitrogen and oxygen atoms in total. The Morgan fingerprint density at radius 3 is 2.07 bits per heavy atom. The van der Waals surface area contributed by atoms with Gasteiger partial charge >= 0.3 is 0 Å². The number of thioether (sulfide) groups is 1. The highest BCUT2D eigenvalue weighted by Crippen LogP contribution is 2.41. The molecule has 3 aromatic carbocycles. The van der Waals surface area contributed by atoms with Crippen molar-refractivity contribution >= 4 is 46.4 Å². The highest BCUT2D eigenvalue weighted by molar-refractivity contribution is 8.04. The molecule has 0 spiro atoms. The van der Waals surface area contributed by atoms with Crippen molar-refractivity contribution in [2.75, 3.05) is 4.90 Å². The molecule has 0 saturated heterocycles. The normalized spacial score (nSPS) is 14.1. The average molecular weight is 406 g/mol. The van der Waals surface area contributed by atoms with Crippen LogP contribution < -0.4 is 4.90 Å². The first-order valence-corrected chi connectivity index (χ1v) is 9.92. The zero-order chi connectivity index (χ0) is 19.7. The summed E-state index contributed by atoms with van der Waals surface area (Å²) in [6.07, 6.45) is 0. The van der Waals surface area contributed by atoms with Crippen molar-refractivity contribution in [2.45, 2.75) is 11.8 Å². The van der Waals surface area contributed by atoms with Crippen molar-refractivity contribution in [2.24, 2.45) is 0 Å². The molecular weight excluding hydrogens is 390 g/mol. The summed E-state index contributed by atoms with van der Waals surface area (Å²) in [6, 6.07) is 23.9. The lowest BCUT2D eigenvalue weighted by molar-refractivity contribution is -0.119. The Kier molecular flexibility index (Phi) is 5.07. The molecule has 4 rings (SSSR count). The topological polar surface area (TPSA) is 37.4 Å². The van der Waals surface area contributed by atoms with Crippen LogP contribution in [0.4, 0.5) is 5.69 Å². The minimum atomic E-state index is -0.324. The SMILES string of the molecule is Cc1ccc(N2C(=O)C(Sc3ccccc3)=C(c3ccc(Cl)cc3)C2=O)cc1. The van der Waals surface area contributed by atoms with Crippen LogP contribution in [0, 0.1) is 6.92 Å². The molecule has 138 valence electrons. The molecule has 2 amide bonds. The number of hydrogen-bond donors (Lipinski definition) is 0. The molecule has 5 heteroatoms. The fourth-order valence-corrected chi connectivity index (χ4v) is 4.15. The summed E-state index contributed by atoms with van der Waals surface area (Å²) in [5.74, 6) is -0.637. The molecule has 3 aromatic rings. The quantitative estimate of drug-likeness (QED) is 0.520. The number of carbonyl (C=O) groups is 2. The smallest absolute Gasteiger partial charge is 0.268 e. The van der Waals surface area contributed by atoms with Gasteiger partial charge in [0.25, 0.3) is 11.8 Å². The van der Waals surface area contributed by atoms with Gasteiger partial charge in [0.15, 0.2) is 0 Å². The van der Waals surface area contributed by atoms with Crippen LogP contribution in [0.2, 0.25) is 5.02 Å². The average Bonchev–Trinajstić information content (AvgIpc) is 2.94. The first-order chi connectivity index (χ1) is 13.5. The number of anilines is 1. The lowest BCUT2D eigenvalue weighted by Gasteiger charge is -2.15. The Labute approximate surface area is 172 Å². The number of benzene rings is 3. The second kappa shape index (κ2) is 7.66. The van der Waals surface area contributed by atoms with Gasteiger partial charge in [-0.05, 0) is 48.9 Å². The minimum absolute atomic E-state index is 0.312. The van der Waals surface area contributed by atoms with Crippen molar-refractivity contribution in [1.82, 2.24) is 0 Å². The van der Waals surface area contributed by atoms with Crippen molar-refractivity contribution in [1.29, 1.82) is 0 Å². The second-order valence-corrected chi connectivity index (χ2v) is 7.93. The van der Waals surface area contributed by atoms with Crippen LogP contribution >= 0.6 is 23.4 Å². The van der Waals surface area contributed by atoms with Crippen LogP contribution in [0.3, 0.4) is 0 Å². The van der Waals surface area contributed by atoms with Gasteiger partial charge in [-0.25, -0.2) is 4.90 Å². The fourth-order valence-electron chi connectivity index (χ4n) is 3.01. The van der Waals surface area contributed by atoms with E-state index in [4.69, 9.17) is 11.6 Å². The maximum Gasteiger partial charge on any atom is 0.272 e. The number of carbonyl (C=O) groups excluding carboxylic acids is 2. The fraction of sp³-hybridized carbons (Fsp3) is 0.0435. The molecular formula is C23H16ClNO2S. The van der Waals surface area contributed by atoms with Crippen LogP contribution in [0.1, 0.15) is 11.1 Å². The largest absolute Gasteiger partial charge is 0.272 e. The van der Waals surface area contributed by atoms with E-state index in [2.05, 4.69) is 0 Å². The Morgan fingerprint density at radius 1 is 0.786 bits per heavy atom. The highest BCUT2D eigenvalue weighted by Gasteiger charge is 2.40. The first-order valence-electron chi connectivity index (χ1n) is 8.73. The molecule has 28 heavy (non-hydrogen) atoms. The molecule has 0 unspecified atom stereocenters. The Balaban J connectivity index is 1.81. The van der Waals surface area contributed by atoms with Gasteiger partial charge < -0.3 is 0 Å². The van der Waals surface area contributed by atoms with Crippen molar-refractivity contribution in [3.63, 3.8) is 0 Å². The van der Waals surface area contributed by atoms with Gasteiger partial charge in [0.1, 0.15) is 0 Å². The summed E-state index contributed by atoms with van der Waals surface area (Å²) in [4.78, 5) is 29.1. The molecule has 0 aliphatic carbocycles. The van der Waals surface area contributed by atoms with E-state index in [0.29, 0.717) is 26.8 Å². The number of imide groups is 1. The van der Waals surface area contributed by atoms with Crippen molar-refractivity contribution in [3.8, 4) is 0 Å². The number of halogens is 1. The van der Waals surface area contributed by atoms with Crippen molar-refractivity contribution < 1.29 is 9.59 Å². The Hall–Kier alpha value is -2.82. The number of hydrogen-bond acceptors (Lipinski definition) is 3. The third-order valence-corrected chi connectivity index (χ3v) is 5.77. The molecule has 0 fully saturated rings. The monoisotopic (exact) mass is 405 g/mol. The van der Waals surface area contributed by atoms with Gasteiger partial charge in [-0.3, -0.25) is 9.59 Å². The van der Waals surface area contributed by atoms with E-state index in [1.165, 1.54) is 16.7 Å². The molecule has 0 N–H and O–H groups in total. The summed E-state index contributed by atoms with van der Waals surface area (Å²) in [7, 11) is 0. The number of aryl methyl sites for hydroxylation is 1. The summed E-state index contributed by atoms with van der Waals surface area (Å²) in [6.45, 7) is 1.96. The second-order valence-electron chi connectivity index (χ2n) is 6.41. The molecule has 1 aliphatic heterocycles. The molecule has 0 radical (unpaired) electrons. The third-order valence-electron chi connectivity index (χ3n) is 4.43. The van der Waals surface area contributed by atoms with Gasteiger partial charge in [0.05, 0.1) is 16.2 Å². The van der Waals surface area contributed by atoms with E-state index >= 15 is 0 Å². The number of nitrogens with zero attached hydrogens (tertiary/aromatic N) is 1. The summed E-state index contributed by atoms with van der Waals surface area (Å²) < 4.78 is 0. The lowest BCUT2D eigenvalue weighted by Crippen LogP contribution is -2.31. The zero-order valence-corrected chi connectivity index (χ0v) is 16.6. The van der Waals surface area contributed by atoms with E-state index in [1.807, 2.05) is 49.4 Å². The molecule has 0 atom stereocenters. The van der Waals surface area contributed by atoms with Crippen LogP contribution in [0.5, 0.6) is 0 Å². The van der Waals surface area contributed by atoms with E-state index in [-0.39, 0.29) is 11.8 Å². The van der Waals surface area contributed by atoms with Crippen molar-refractivity contribution in [3.05, 3.63) is 99.9 Å². The van der Waals surface area contributed by atoms with E-state index in [0.717, 1.165) is 10.5 Å². The standard InChI is InChI=1S/C23H16ClNO2S/c1-15-7-13-18(14-8-15)25-22(26)20(16-9-11-17(24)12-10-16)21(23(25)27)28-19-5-3-2-4-6-19/h2-14H,1H3. The predicted molar refractivity (Wildman–Crippen MR) is 114 cm³/mol. The van der Waals surface area contributed by atoms with Crippen LogP contribution in [0.25, 0.3) is 5.57 Å². The number of rotatable bonds is 4. The first kappa shape index (κ1) is 18.5. The Bertz CT molecular complexity index is 1070. The van der Waals surface area contributed by atoms with Gasteiger partial charge in [-0.2, -0.15) is 0 Å². The maximum absolute atomic E-state index is 13.3. The van der Waals surface area contributed by atoms with Gasteiger partial charge in [0.2, 0.25) is 0 Å². The van der Waals surface area contributed by atoms with Crippen LogP contribution in [0.15, 0.2) is 88.7 Å². The van der Waals surface area contributed by atoms with Crippen LogP contribution in [-0.2, 0) is 9.59 Å². The predicted octanol–water partition coefficient (Wildman–Crippen LogP) is 5.73. The number of amides is 2. The summed E-state index contributed by atoms with van der Waals surface area (Å²) in [5, 5.41) is 0.578. The maximum atomic E-state index is 13.3. The van der Waals surface area contributed by atoms with E-state index in [1.54, 1.807) is 36.4 Å². The molecule has 1 heterocycles.